The zero-order valence-corrected chi connectivity index (χ0v) is 23.2. The first-order chi connectivity index (χ1) is 19.1. The third kappa shape index (κ3) is 6.62. The van der Waals surface area contributed by atoms with Crippen molar-refractivity contribution in [1.29, 1.82) is 0 Å². The molecular weight excluding hydrogens is 470 g/mol. The molecule has 0 saturated heterocycles. The summed E-state index contributed by atoms with van der Waals surface area (Å²) in [6.45, 7) is 8.30. The molecule has 1 heterocycles. The Bertz CT molecular complexity index is 1520. The number of rotatable bonds is 8. The van der Waals surface area contributed by atoms with E-state index in [1.165, 1.54) is 57.4 Å². The van der Waals surface area contributed by atoms with Gasteiger partial charge in [0.1, 0.15) is 0 Å². The summed E-state index contributed by atoms with van der Waals surface area (Å²) in [6.07, 6.45) is 25.0. The maximum absolute atomic E-state index is 5.15. The summed E-state index contributed by atoms with van der Waals surface area (Å²) >= 11 is 0. The number of aromatic nitrogens is 1. The van der Waals surface area contributed by atoms with Crippen LogP contribution in [0.15, 0.2) is 133 Å². The van der Waals surface area contributed by atoms with Crippen LogP contribution in [0.3, 0.4) is 0 Å². The number of benzene rings is 2. The van der Waals surface area contributed by atoms with Crippen molar-refractivity contribution < 1.29 is 0 Å². The number of pyridine rings is 1. The third-order valence-corrected chi connectivity index (χ3v) is 7.43. The second kappa shape index (κ2) is 12.5. The second-order valence-corrected chi connectivity index (χ2v) is 10.3. The molecule has 0 N–H and O–H groups in total. The molecule has 194 valence electrons. The van der Waals surface area contributed by atoms with Crippen LogP contribution in [-0.2, 0) is 6.42 Å². The minimum Gasteiger partial charge on any atom is -0.248 e. The van der Waals surface area contributed by atoms with Gasteiger partial charge in [-0.05, 0) is 83.7 Å². The van der Waals surface area contributed by atoms with Crippen LogP contribution in [0.25, 0.3) is 33.5 Å². The van der Waals surface area contributed by atoms with E-state index in [9.17, 15) is 0 Å². The minimum absolute atomic E-state index is 0.913. The van der Waals surface area contributed by atoms with Gasteiger partial charge in [-0.1, -0.05) is 129 Å². The topological polar surface area (TPSA) is 12.9 Å². The van der Waals surface area contributed by atoms with Gasteiger partial charge in [-0.25, -0.2) is 4.98 Å². The molecule has 1 aromatic heterocycles. The van der Waals surface area contributed by atoms with E-state index >= 15 is 0 Å². The van der Waals surface area contributed by atoms with Crippen LogP contribution >= 0.6 is 0 Å². The average Bonchev–Trinajstić information content (AvgIpc) is 3.36. The van der Waals surface area contributed by atoms with Crippen LogP contribution in [-0.4, -0.2) is 4.98 Å². The van der Waals surface area contributed by atoms with Gasteiger partial charge in [0.2, 0.25) is 0 Å². The molecule has 39 heavy (non-hydrogen) atoms. The van der Waals surface area contributed by atoms with Gasteiger partial charge in [0.05, 0.1) is 11.4 Å². The molecule has 0 unspecified atom stereocenters. The van der Waals surface area contributed by atoms with Gasteiger partial charge >= 0.3 is 0 Å². The van der Waals surface area contributed by atoms with Crippen LogP contribution in [0.4, 0.5) is 0 Å². The molecule has 0 bridgehead atoms. The predicted octanol–water partition coefficient (Wildman–Crippen LogP) is 10.5. The van der Waals surface area contributed by atoms with Crippen molar-refractivity contribution in [3.8, 4) is 22.4 Å². The molecule has 0 aliphatic heterocycles. The van der Waals surface area contributed by atoms with Gasteiger partial charge in [0.25, 0.3) is 0 Å². The van der Waals surface area contributed by atoms with Crippen LogP contribution in [0, 0.1) is 0 Å². The number of nitrogens with zero attached hydrogens (tertiary/aromatic N) is 1. The van der Waals surface area contributed by atoms with Gasteiger partial charge in [-0.3, -0.25) is 0 Å². The minimum atomic E-state index is 0.913. The zero-order valence-electron chi connectivity index (χ0n) is 23.2. The van der Waals surface area contributed by atoms with Gasteiger partial charge in [-0.2, -0.15) is 0 Å². The van der Waals surface area contributed by atoms with Crippen LogP contribution < -0.4 is 0 Å². The number of unbranched alkanes of at least 4 members (excludes halogenated alkanes) is 1. The van der Waals surface area contributed by atoms with E-state index in [1.807, 2.05) is 6.08 Å². The van der Waals surface area contributed by atoms with Crippen molar-refractivity contribution >= 4 is 11.1 Å². The molecule has 1 heteroatoms. The Morgan fingerprint density at radius 1 is 0.692 bits per heavy atom. The quantitative estimate of drug-likeness (QED) is 0.295. The molecular formula is C38H37N. The summed E-state index contributed by atoms with van der Waals surface area (Å²) in [7, 11) is 0. The average molecular weight is 508 g/mol. The molecule has 2 aliphatic rings. The van der Waals surface area contributed by atoms with Gasteiger partial charge < -0.3 is 0 Å². The Balaban J connectivity index is 1.51. The lowest BCUT2D eigenvalue weighted by Crippen LogP contribution is -1.94. The van der Waals surface area contributed by atoms with E-state index in [2.05, 4.69) is 130 Å². The van der Waals surface area contributed by atoms with Crippen LogP contribution in [0.5, 0.6) is 0 Å². The number of allylic oxidation sites excluding steroid dienone is 13. The van der Waals surface area contributed by atoms with E-state index < -0.39 is 0 Å². The summed E-state index contributed by atoms with van der Waals surface area (Å²) in [5.41, 5.74) is 13.0. The SMILES string of the molecule is C=CC1=CCC=C(c2ccc(-c3cc(C4=CCC=C(C)C=C4)nc(-c4ccc(CCCC)cc4)c3)cc2)C=C1. The van der Waals surface area contributed by atoms with Crippen molar-refractivity contribution in [2.45, 2.75) is 46.0 Å². The lowest BCUT2D eigenvalue weighted by Gasteiger charge is -2.12. The normalized spacial score (nSPS) is 15.0. The number of hydrogen-bond donors (Lipinski definition) is 0. The monoisotopic (exact) mass is 507 g/mol. The Morgan fingerprint density at radius 3 is 2.13 bits per heavy atom. The molecule has 3 aromatic rings. The van der Waals surface area contributed by atoms with Crippen LogP contribution in [0.1, 0.15) is 56.4 Å². The van der Waals surface area contributed by atoms with Crippen molar-refractivity contribution in [1.82, 2.24) is 4.98 Å². The summed E-state index contributed by atoms with van der Waals surface area (Å²) in [6, 6.07) is 22.3. The maximum Gasteiger partial charge on any atom is 0.0715 e. The lowest BCUT2D eigenvalue weighted by atomic mass is 9.96. The molecule has 0 saturated carbocycles. The molecule has 0 spiro atoms. The summed E-state index contributed by atoms with van der Waals surface area (Å²) in [5.74, 6) is 0. The summed E-state index contributed by atoms with van der Waals surface area (Å²) in [5, 5.41) is 0. The summed E-state index contributed by atoms with van der Waals surface area (Å²) in [4.78, 5) is 5.15. The van der Waals surface area contributed by atoms with Gasteiger partial charge in [0, 0.05) is 5.56 Å². The molecule has 0 amide bonds. The van der Waals surface area contributed by atoms with E-state index in [0.29, 0.717) is 0 Å². The molecule has 2 aliphatic carbocycles. The first kappa shape index (κ1) is 26.4. The van der Waals surface area contributed by atoms with Gasteiger partial charge in [-0.15, -0.1) is 0 Å². The molecule has 0 radical (unpaired) electrons. The highest BCUT2D eigenvalue weighted by atomic mass is 14.7. The molecule has 2 aromatic carbocycles. The Labute approximate surface area is 234 Å². The van der Waals surface area contributed by atoms with E-state index in [-0.39, 0.29) is 0 Å². The van der Waals surface area contributed by atoms with E-state index in [1.54, 1.807) is 0 Å². The molecule has 0 atom stereocenters. The number of hydrogen-bond acceptors (Lipinski definition) is 1. The number of aryl methyl sites for hydroxylation is 1. The second-order valence-electron chi connectivity index (χ2n) is 10.3. The molecule has 0 fully saturated rings. The Morgan fingerprint density at radius 2 is 1.36 bits per heavy atom. The fourth-order valence-corrected chi connectivity index (χ4v) is 5.00. The predicted molar refractivity (Wildman–Crippen MR) is 169 cm³/mol. The Hall–Kier alpha value is -4.23. The van der Waals surface area contributed by atoms with Gasteiger partial charge in [0.15, 0.2) is 0 Å². The summed E-state index contributed by atoms with van der Waals surface area (Å²) < 4.78 is 0. The highest BCUT2D eigenvalue weighted by Crippen LogP contribution is 2.31. The zero-order chi connectivity index (χ0) is 27.0. The maximum atomic E-state index is 5.15. The van der Waals surface area contributed by atoms with Crippen molar-refractivity contribution in [3.05, 3.63) is 150 Å². The Kier molecular flexibility index (Phi) is 8.48. The fraction of sp³-hybridized carbons (Fsp3) is 0.184. The smallest absolute Gasteiger partial charge is 0.0715 e. The fourth-order valence-electron chi connectivity index (χ4n) is 5.00. The first-order valence-corrected chi connectivity index (χ1v) is 14.1. The molecule has 5 rings (SSSR count). The van der Waals surface area contributed by atoms with Crippen molar-refractivity contribution in [2.75, 3.05) is 0 Å². The largest absolute Gasteiger partial charge is 0.248 e. The standard InChI is InChI=1S/C38H37N/c1-4-6-10-30-16-20-35(21-17-30)38-27-36(26-37(39-38)34-13-7-9-28(3)14-18-34)33-24-22-32(23-25-33)31-12-8-11-29(5-2)15-19-31/h5,9,11-27H,2,4,6-8,10H2,1,3H3. The van der Waals surface area contributed by atoms with Crippen LogP contribution in [0.2, 0.25) is 0 Å². The molecule has 1 nitrogen and oxygen atoms in total. The highest BCUT2D eigenvalue weighted by Gasteiger charge is 2.11. The van der Waals surface area contributed by atoms with Crippen molar-refractivity contribution in [3.63, 3.8) is 0 Å². The first-order valence-electron chi connectivity index (χ1n) is 14.1. The van der Waals surface area contributed by atoms with Crippen molar-refractivity contribution in [2.24, 2.45) is 0 Å². The van der Waals surface area contributed by atoms with E-state index in [4.69, 9.17) is 4.98 Å². The van der Waals surface area contributed by atoms with E-state index in [0.717, 1.165) is 36.2 Å². The lowest BCUT2D eigenvalue weighted by molar-refractivity contribution is 0.795. The third-order valence-electron chi connectivity index (χ3n) is 7.43. The highest BCUT2D eigenvalue weighted by molar-refractivity contribution is 5.81.